The quantitative estimate of drug-likeness (QED) is 0.563. The molecule has 0 aromatic heterocycles. The van der Waals surface area contributed by atoms with E-state index in [1.165, 1.54) is 0 Å². The SMILES string of the molecule is Cc1ccc(C(=O)N(CCC(=O)N2CCNCC2)Cc2ccc(Br)cc2)cc1.O=C(O)C(F)(F)F. The fraction of sp³-hybridized carbons (Fsp3) is 0.375. The van der Waals surface area contributed by atoms with E-state index in [2.05, 4.69) is 21.2 Å². The summed E-state index contributed by atoms with van der Waals surface area (Å²) in [4.78, 5) is 38.2. The number of alkyl halides is 3. The van der Waals surface area contributed by atoms with Crippen LogP contribution in [0.5, 0.6) is 0 Å². The number of carboxylic acid groups (broad SMARTS) is 1. The van der Waals surface area contributed by atoms with Crippen LogP contribution in [-0.2, 0) is 16.1 Å². The maximum atomic E-state index is 13.1. The summed E-state index contributed by atoms with van der Waals surface area (Å²) in [6, 6.07) is 15.5. The highest BCUT2D eigenvalue weighted by Crippen LogP contribution is 2.16. The monoisotopic (exact) mass is 557 g/mol. The first kappa shape index (κ1) is 28.3. The van der Waals surface area contributed by atoms with Crippen molar-refractivity contribution in [1.82, 2.24) is 15.1 Å². The number of hydrogen-bond acceptors (Lipinski definition) is 4. The summed E-state index contributed by atoms with van der Waals surface area (Å²) in [5, 5.41) is 10.4. The molecule has 1 heterocycles. The maximum Gasteiger partial charge on any atom is 0.490 e. The van der Waals surface area contributed by atoms with Crippen LogP contribution in [0.3, 0.4) is 0 Å². The molecule has 190 valence electrons. The smallest absolute Gasteiger partial charge is 0.475 e. The zero-order valence-electron chi connectivity index (χ0n) is 19.1. The highest BCUT2D eigenvalue weighted by molar-refractivity contribution is 9.10. The number of piperazine rings is 1. The number of aryl methyl sites for hydroxylation is 1. The van der Waals surface area contributed by atoms with Crippen LogP contribution in [0.1, 0.15) is 27.9 Å². The number of carboxylic acids is 1. The summed E-state index contributed by atoms with van der Waals surface area (Å²) in [5.41, 5.74) is 2.81. The van der Waals surface area contributed by atoms with Gasteiger partial charge in [0.15, 0.2) is 0 Å². The van der Waals surface area contributed by atoms with Crippen molar-refractivity contribution >= 4 is 33.7 Å². The number of benzene rings is 2. The van der Waals surface area contributed by atoms with E-state index in [1.54, 1.807) is 4.90 Å². The molecular formula is C24H27BrF3N3O4. The molecule has 0 atom stereocenters. The van der Waals surface area contributed by atoms with Crippen LogP contribution in [0.2, 0.25) is 0 Å². The second kappa shape index (κ2) is 13.2. The van der Waals surface area contributed by atoms with Crippen LogP contribution in [0, 0.1) is 6.92 Å². The minimum atomic E-state index is -5.08. The predicted octanol–water partition coefficient (Wildman–Crippen LogP) is 3.86. The fourth-order valence-corrected chi connectivity index (χ4v) is 3.51. The van der Waals surface area contributed by atoms with Gasteiger partial charge in [0, 0.05) is 55.7 Å². The molecule has 2 amide bonds. The zero-order valence-corrected chi connectivity index (χ0v) is 20.7. The predicted molar refractivity (Wildman–Crippen MR) is 128 cm³/mol. The minimum absolute atomic E-state index is 0.0453. The molecule has 1 fully saturated rings. The largest absolute Gasteiger partial charge is 0.490 e. The molecule has 0 saturated carbocycles. The van der Waals surface area contributed by atoms with Crippen molar-refractivity contribution in [3.8, 4) is 0 Å². The number of rotatable bonds is 6. The zero-order chi connectivity index (χ0) is 26.0. The maximum absolute atomic E-state index is 13.1. The van der Waals surface area contributed by atoms with Crippen LogP contribution in [0.25, 0.3) is 0 Å². The number of amides is 2. The second-order valence-electron chi connectivity index (χ2n) is 7.90. The van der Waals surface area contributed by atoms with Gasteiger partial charge in [-0.05, 0) is 36.8 Å². The summed E-state index contributed by atoms with van der Waals surface area (Å²) < 4.78 is 32.7. The molecule has 2 aromatic rings. The van der Waals surface area contributed by atoms with Crippen molar-refractivity contribution in [1.29, 1.82) is 0 Å². The van der Waals surface area contributed by atoms with Crippen LogP contribution < -0.4 is 5.32 Å². The summed E-state index contributed by atoms with van der Waals surface area (Å²) >= 11 is 3.44. The number of carbonyl (C=O) groups is 3. The summed E-state index contributed by atoms with van der Waals surface area (Å²) in [7, 11) is 0. The lowest BCUT2D eigenvalue weighted by Crippen LogP contribution is -2.47. The molecule has 2 aromatic carbocycles. The van der Waals surface area contributed by atoms with Crippen molar-refractivity contribution in [2.24, 2.45) is 0 Å². The van der Waals surface area contributed by atoms with Crippen LogP contribution >= 0.6 is 15.9 Å². The molecule has 0 aliphatic carbocycles. The normalized spacial score (nSPS) is 13.5. The van der Waals surface area contributed by atoms with E-state index < -0.39 is 12.1 Å². The first-order chi connectivity index (χ1) is 16.5. The lowest BCUT2D eigenvalue weighted by atomic mass is 10.1. The van der Waals surface area contributed by atoms with E-state index in [9.17, 15) is 22.8 Å². The van der Waals surface area contributed by atoms with Gasteiger partial charge in [-0.2, -0.15) is 13.2 Å². The summed E-state index contributed by atoms with van der Waals surface area (Å²) in [6.45, 7) is 6.02. The van der Waals surface area contributed by atoms with Gasteiger partial charge in [0.25, 0.3) is 5.91 Å². The number of nitrogens with zero attached hydrogens (tertiary/aromatic N) is 2. The molecule has 0 radical (unpaired) electrons. The Balaban J connectivity index is 0.000000540. The molecule has 2 N–H and O–H groups in total. The Morgan fingerprint density at radius 3 is 2.09 bits per heavy atom. The molecule has 0 unspecified atom stereocenters. The van der Waals surface area contributed by atoms with Crippen molar-refractivity contribution in [3.05, 3.63) is 69.7 Å². The topological polar surface area (TPSA) is 90.0 Å². The van der Waals surface area contributed by atoms with Gasteiger partial charge >= 0.3 is 12.1 Å². The van der Waals surface area contributed by atoms with Gasteiger partial charge in [-0.25, -0.2) is 4.79 Å². The molecule has 1 aliphatic heterocycles. The Morgan fingerprint density at radius 2 is 1.57 bits per heavy atom. The van der Waals surface area contributed by atoms with Crippen molar-refractivity contribution < 1.29 is 32.7 Å². The number of nitrogens with one attached hydrogen (secondary N) is 1. The number of carbonyl (C=O) groups excluding carboxylic acids is 2. The lowest BCUT2D eigenvalue weighted by Gasteiger charge is -2.29. The van der Waals surface area contributed by atoms with E-state index in [4.69, 9.17) is 9.90 Å². The van der Waals surface area contributed by atoms with E-state index in [0.29, 0.717) is 25.1 Å². The van der Waals surface area contributed by atoms with E-state index in [0.717, 1.165) is 41.8 Å². The molecular weight excluding hydrogens is 531 g/mol. The third kappa shape index (κ3) is 9.69. The summed E-state index contributed by atoms with van der Waals surface area (Å²) in [5.74, 6) is -2.69. The van der Waals surface area contributed by atoms with E-state index in [-0.39, 0.29) is 11.8 Å². The second-order valence-corrected chi connectivity index (χ2v) is 8.82. The third-order valence-corrected chi connectivity index (χ3v) is 5.71. The van der Waals surface area contributed by atoms with E-state index in [1.807, 2.05) is 60.4 Å². The van der Waals surface area contributed by atoms with Crippen molar-refractivity contribution in [2.75, 3.05) is 32.7 Å². The first-order valence-electron chi connectivity index (χ1n) is 10.9. The molecule has 35 heavy (non-hydrogen) atoms. The van der Waals surface area contributed by atoms with Gasteiger partial charge in [-0.15, -0.1) is 0 Å². The fourth-order valence-electron chi connectivity index (χ4n) is 3.24. The Bertz CT molecular complexity index is 993. The van der Waals surface area contributed by atoms with Gasteiger partial charge in [-0.1, -0.05) is 45.8 Å². The summed E-state index contributed by atoms with van der Waals surface area (Å²) in [6.07, 6.45) is -4.74. The highest BCUT2D eigenvalue weighted by atomic mass is 79.9. The van der Waals surface area contributed by atoms with Gasteiger partial charge in [0.1, 0.15) is 0 Å². The Hall–Kier alpha value is -2.92. The van der Waals surface area contributed by atoms with Gasteiger partial charge in [0.2, 0.25) is 5.91 Å². The van der Waals surface area contributed by atoms with Crippen molar-refractivity contribution in [3.63, 3.8) is 0 Å². The van der Waals surface area contributed by atoms with Gasteiger partial charge in [-0.3, -0.25) is 9.59 Å². The highest BCUT2D eigenvalue weighted by Gasteiger charge is 2.38. The van der Waals surface area contributed by atoms with Crippen molar-refractivity contribution in [2.45, 2.75) is 26.1 Å². The number of aliphatic carboxylic acids is 1. The number of hydrogen-bond donors (Lipinski definition) is 2. The van der Waals surface area contributed by atoms with Crippen LogP contribution in [0.15, 0.2) is 53.0 Å². The Morgan fingerprint density at radius 1 is 1.03 bits per heavy atom. The molecule has 7 nitrogen and oxygen atoms in total. The third-order valence-electron chi connectivity index (χ3n) is 5.18. The average molecular weight is 558 g/mol. The molecule has 0 spiro atoms. The Labute approximate surface area is 210 Å². The minimum Gasteiger partial charge on any atom is -0.475 e. The molecule has 1 aliphatic rings. The molecule has 1 saturated heterocycles. The number of halogens is 4. The van der Waals surface area contributed by atoms with Gasteiger partial charge in [0.05, 0.1) is 0 Å². The standard InChI is InChI=1S/C22H26BrN3O2.C2HF3O2/c1-17-2-6-19(7-3-17)22(28)26(16-18-4-8-20(23)9-5-18)13-10-21(27)25-14-11-24-12-15-25;3-2(4,5)1(6)7/h2-9,24H,10-16H2,1H3;(H,6,7). The first-order valence-corrected chi connectivity index (χ1v) is 11.7. The van der Waals surface area contributed by atoms with Crippen LogP contribution in [-0.4, -0.2) is 71.6 Å². The Kier molecular flexibility index (Phi) is 10.7. The lowest BCUT2D eigenvalue weighted by molar-refractivity contribution is -0.192. The van der Waals surface area contributed by atoms with E-state index >= 15 is 0 Å². The molecule has 3 rings (SSSR count). The average Bonchev–Trinajstić information content (AvgIpc) is 2.83. The molecule has 11 heteroatoms. The molecule has 0 bridgehead atoms. The van der Waals surface area contributed by atoms with Crippen LogP contribution in [0.4, 0.5) is 13.2 Å². The van der Waals surface area contributed by atoms with Gasteiger partial charge < -0.3 is 20.2 Å².